The second-order valence-corrected chi connectivity index (χ2v) is 6.41. The van der Waals surface area contributed by atoms with Crippen molar-refractivity contribution in [2.24, 2.45) is 5.14 Å². The molecule has 0 radical (unpaired) electrons. The van der Waals surface area contributed by atoms with Gasteiger partial charge in [-0.3, -0.25) is 4.79 Å². The molecule has 1 heterocycles. The Kier molecular flexibility index (Phi) is 3.89. The number of carbonyl (C=O) groups is 1. The molecule has 106 valence electrons. The highest BCUT2D eigenvalue weighted by atomic mass is 32.2. The highest BCUT2D eigenvalue weighted by Gasteiger charge is 2.15. The summed E-state index contributed by atoms with van der Waals surface area (Å²) in [6.45, 7) is 1.77. The van der Waals surface area contributed by atoms with Crippen molar-refractivity contribution in [2.75, 3.05) is 5.32 Å². The minimum atomic E-state index is -3.97. The maximum atomic E-state index is 13.8. The Labute approximate surface area is 119 Å². The van der Waals surface area contributed by atoms with Gasteiger partial charge in [0, 0.05) is 5.38 Å². The first-order chi connectivity index (χ1) is 9.29. The van der Waals surface area contributed by atoms with Crippen LogP contribution >= 0.6 is 11.3 Å². The van der Waals surface area contributed by atoms with Gasteiger partial charge in [0.15, 0.2) is 0 Å². The van der Waals surface area contributed by atoms with E-state index < -0.39 is 21.7 Å². The third-order valence-corrected chi connectivity index (χ3v) is 4.39. The summed E-state index contributed by atoms with van der Waals surface area (Å²) in [6, 6.07) is 3.06. The van der Waals surface area contributed by atoms with Crippen molar-refractivity contribution in [3.8, 4) is 0 Å². The Morgan fingerprint density at radius 3 is 2.55 bits per heavy atom. The van der Waals surface area contributed by atoms with Crippen LogP contribution in [0.2, 0.25) is 0 Å². The van der Waals surface area contributed by atoms with E-state index in [-0.39, 0.29) is 10.6 Å². The zero-order valence-electron chi connectivity index (χ0n) is 10.4. The lowest BCUT2D eigenvalue weighted by Crippen LogP contribution is -2.15. The number of rotatable bonds is 3. The molecule has 5 nitrogen and oxygen atoms in total. The lowest BCUT2D eigenvalue weighted by atomic mass is 10.2. The second-order valence-electron chi connectivity index (χ2n) is 4.11. The summed E-state index contributed by atoms with van der Waals surface area (Å²) in [7, 11) is -3.97. The fourth-order valence-corrected chi connectivity index (χ4v) is 2.91. The topological polar surface area (TPSA) is 89.3 Å². The Bertz CT molecular complexity index is 769. The molecule has 1 aromatic heterocycles. The maximum absolute atomic E-state index is 13.8. The van der Waals surface area contributed by atoms with Gasteiger partial charge in [-0.2, -0.15) is 11.3 Å². The normalized spacial score (nSPS) is 11.3. The van der Waals surface area contributed by atoms with Crippen molar-refractivity contribution in [1.82, 2.24) is 0 Å². The van der Waals surface area contributed by atoms with E-state index in [0.29, 0.717) is 5.56 Å². The summed E-state index contributed by atoms with van der Waals surface area (Å²) in [5, 5.41) is 10.7. The number of anilines is 1. The Morgan fingerprint density at radius 2 is 2.05 bits per heavy atom. The number of amides is 1. The maximum Gasteiger partial charge on any atom is 0.256 e. The summed E-state index contributed by atoms with van der Waals surface area (Å²) in [5.74, 6) is -1.32. The molecule has 0 unspecified atom stereocenters. The molecule has 0 fully saturated rings. The van der Waals surface area contributed by atoms with Crippen LogP contribution in [0.1, 0.15) is 15.9 Å². The quantitative estimate of drug-likeness (QED) is 0.909. The fourth-order valence-electron chi connectivity index (χ4n) is 1.56. The molecule has 2 rings (SSSR count). The van der Waals surface area contributed by atoms with Gasteiger partial charge in [-0.25, -0.2) is 17.9 Å². The molecule has 0 atom stereocenters. The van der Waals surface area contributed by atoms with Gasteiger partial charge in [-0.1, -0.05) is 0 Å². The molecule has 0 saturated heterocycles. The first-order valence-corrected chi connectivity index (χ1v) is 7.94. The highest BCUT2D eigenvalue weighted by molar-refractivity contribution is 7.89. The van der Waals surface area contributed by atoms with Crippen molar-refractivity contribution < 1.29 is 17.6 Å². The van der Waals surface area contributed by atoms with Crippen molar-refractivity contribution in [3.05, 3.63) is 45.9 Å². The molecule has 0 spiro atoms. The van der Waals surface area contributed by atoms with Crippen molar-refractivity contribution in [1.29, 1.82) is 0 Å². The number of benzene rings is 1. The lowest BCUT2D eigenvalue weighted by Gasteiger charge is -2.07. The first kappa shape index (κ1) is 14.6. The van der Waals surface area contributed by atoms with Crippen LogP contribution in [0.25, 0.3) is 0 Å². The van der Waals surface area contributed by atoms with E-state index in [1.807, 2.05) is 0 Å². The number of sulfonamides is 1. The van der Waals surface area contributed by atoms with Gasteiger partial charge in [-0.05, 0) is 36.1 Å². The van der Waals surface area contributed by atoms with Gasteiger partial charge >= 0.3 is 0 Å². The van der Waals surface area contributed by atoms with Gasteiger partial charge in [0.1, 0.15) is 5.82 Å². The predicted octanol–water partition coefficient (Wildman–Crippen LogP) is 2.10. The van der Waals surface area contributed by atoms with Crippen LogP contribution in [-0.2, 0) is 10.0 Å². The SMILES string of the molecule is Cc1cscc1C(=O)Nc1ccc(S(N)(=O)=O)cc1F. The van der Waals surface area contributed by atoms with E-state index in [1.165, 1.54) is 11.3 Å². The molecular formula is C12H11FN2O3S2. The summed E-state index contributed by atoms with van der Waals surface area (Å²) in [4.78, 5) is 11.6. The molecule has 0 aliphatic rings. The number of carbonyl (C=O) groups excluding carboxylic acids is 1. The molecule has 1 aromatic carbocycles. The number of halogens is 1. The number of thiophene rings is 1. The average molecular weight is 314 g/mol. The van der Waals surface area contributed by atoms with Crippen LogP contribution in [0.5, 0.6) is 0 Å². The van der Waals surface area contributed by atoms with Crippen LogP contribution in [0.3, 0.4) is 0 Å². The largest absolute Gasteiger partial charge is 0.319 e. The zero-order valence-corrected chi connectivity index (χ0v) is 12.0. The number of aryl methyl sites for hydroxylation is 1. The Morgan fingerprint density at radius 1 is 1.35 bits per heavy atom. The van der Waals surface area contributed by atoms with E-state index in [4.69, 9.17) is 5.14 Å². The van der Waals surface area contributed by atoms with E-state index in [9.17, 15) is 17.6 Å². The number of nitrogens with one attached hydrogen (secondary N) is 1. The standard InChI is InChI=1S/C12H11FN2O3S2/c1-7-5-19-6-9(7)12(16)15-11-3-2-8(4-10(11)13)20(14,17)18/h2-6H,1H3,(H,15,16)(H2,14,17,18). The summed E-state index contributed by atoms with van der Waals surface area (Å²) in [6.07, 6.45) is 0. The first-order valence-electron chi connectivity index (χ1n) is 5.45. The number of hydrogen-bond acceptors (Lipinski definition) is 4. The molecular weight excluding hydrogens is 303 g/mol. The third kappa shape index (κ3) is 3.03. The highest BCUT2D eigenvalue weighted by Crippen LogP contribution is 2.20. The summed E-state index contributed by atoms with van der Waals surface area (Å²) in [5.41, 5.74) is 1.13. The van der Waals surface area contributed by atoms with Crippen LogP contribution in [0, 0.1) is 12.7 Å². The van der Waals surface area contributed by atoms with Crippen LogP contribution < -0.4 is 10.5 Å². The number of primary sulfonamides is 1. The third-order valence-electron chi connectivity index (χ3n) is 2.62. The number of hydrogen-bond donors (Lipinski definition) is 2. The summed E-state index contributed by atoms with van der Waals surface area (Å²) >= 11 is 1.36. The molecule has 2 aromatic rings. The average Bonchev–Trinajstić information content (AvgIpc) is 2.76. The van der Waals surface area contributed by atoms with Crippen LogP contribution in [0.4, 0.5) is 10.1 Å². The Balaban J connectivity index is 2.27. The van der Waals surface area contributed by atoms with Gasteiger partial charge in [0.2, 0.25) is 10.0 Å². The predicted molar refractivity (Wildman–Crippen MR) is 74.8 cm³/mol. The monoisotopic (exact) mass is 314 g/mol. The summed E-state index contributed by atoms with van der Waals surface area (Å²) < 4.78 is 35.9. The Hall–Kier alpha value is -1.77. The van der Waals surface area contributed by atoms with E-state index in [1.54, 1.807) is 17.7 Å². The van der Waals surface area contributed by atoms with E-state index in [2.05, 4.69) is 5.32 Å². The van der Waals surface area contributed by atoms with Crippen molar-refractivity contribution in [3.63, 3.8) is 0 Å². The van der Waals surface area contributed by atoms with Gasteiger partial charge in [0.05, 0.1) is 16.1 Å². The number of nitrogens with two attached hydrogens (primary N) is 1. The smallest absolute Gasteiger partial charge is 0.256 e. The van der Waals surface area contributed by atoms with Crippen molar-refractivity contribution in [2.45, 2.75) is 11.8 Å². The van der Waals surface area contributed by atoms with Crippen LogP contribution in [0.15, 0.2) is 33.9 Å². The van der Waals surface area contributed by atoms with Gasteiger partial charge < -0.3 is 5.32 Å². The molecule has 1 amide bonds. The lowest BCUT2D eigenvalue weighted by molar-refractivity contribution is 0.102. The van der Waals surface area contributed by atoms with Gasteiger partial charge in [-0.15, -0.1) is 0 Å². The second kappa shape index (κ2) is 5.31. The van der Waals surface area contributed by atoms with E-state index >= 15 is 0 Å². The fraction of sp³-hybridized carbons (Fsp3) is 0.0833. The van der Waals surface area contributed by atoms with Crippen molar-refractivity contribution >= 4 is 33.0 Å². The van der Waals surface area contributed by atoms with Gasteiger partial charge in [0.25, 0.3) is 5.91 Å². The molecule has 0 saturated carbocycles. The van der Waals surface area contributed by atoms with E-state index in [0.717, 1.165) is 23.8 Å². The molecule has 20 heavy (non-hydrogen) atoms. The molecule has 0 aliphatic carbocycles. The molecule has 0 aliphatic heterocycles. The molecule has 0 bridgehead atoms. The minimum absolute atomic E-state index is 0.104. The molecule has 8 heteroatoms. The molecule has 3 N–H and O–H groups in total. The minimum Gasteiger partial charge on any atom is -0.319 e. The zero-order chi connectivity index (χ0) is 14.9. The van der Waals surface area contributed by atoms with Crippen LogP contribution in [-0.4, -0.2) is 14.3 Å².